The lowest BCUT2D eigenvalue weighted by Gasteiger charge is -2.12. The van der Waals surface area contributed by atoms with Crippen molar-refractivity contribution in [1.82, 2.24) is 9.97 Å². The van der Waals surface area contributed by atoms with Crippen LogP contribution in [-0.4, -0.2) is 15.9 Å². The molecule has 6 nitrogen and oxygen atoms in total. The molecule has 0 aliphatic carbocycles. The van der Waals surface area contributed by atoms with Gasteiger partial charge in [0, 0.05) is 24.1 Å². The Balaban J connectivity index is 0.00000109. The van der Waals surface area contributed by atoms with Crippen molar-refractivity contribution in [2.24, 2.45) is 5.73 Å². The highest BCUT2D eigenvalue weighted by molar-refractivity contribution is 5.99. The van der Waals surface area contributed by atoms with Crippen molar-refractivity contribution in [3.63, 3.8) is 0 Å². The number of aromatic nitrogens is 2. The fourth-order valence-corrected chi connectivity index (χ4v) is 2.07. The van der Waals surface area contributed by atoms with Gasteiger partial charge in [-0.2, -0.15) is 0 Å². The first kappa shape index (κ1) is 17.9. The number of benzene rings is 1. The molecule has 0 bridgehead atoms. The third-order valence-corrected chi connectivity index (χ3v) is 3.14. The van der Waals surface area contributed by atoms with Gasteiger partial charge in [-0.25, -0.2) is 9.97 Å². The van der Waals surface area contributed by atoms with Gasteiger partial charge >= 0.3 is 0 Å². The summed E-state index contributed by atoms with van der Waals surface area (Å²) >= 11 is 0. The zero-order valence-corrected chi connectivity index (χ0v) is 14.2. The Kier molecular flexibility index (Phi) is 6.47. The molecule has 4 N–H and O–H groups in total. The molecule has 1 amide bonds. The Morgan fingerprint density at radius 1 is 0.920 bits per heavy atom. The molecule has 0 aliphatic rings. The number of nitrogens with one attached hydrogen (secondary N) is 2. The van der Waals surface area contributed by atoms with Crippen molar-refractivity contribution in [3.8, 4) is 0 Å². The first-order valence-corrected chi connectivity index (χ1v) is 8.02. The molecule has 0 fully saturated rings. The Hall–Kier alpha value is -3.41. The first-order chi connectivity index (χ1) is 12.2. The molecule has 0 unspecified atom stereocenters. The highest BCUT2D eigenvalue weighted by atomic mass is 16.1. The van der Waals surface area contributed by atoms with Gasteiger partial charge < -0.3 is 16.4 Å². The number of hydrogen-bond acceptors (Lipinski definition) is 5. The van der Waals surface area contributed by atoms with Crippen LogP contribution < -0.4 is 16.4 Å². The summed E-state index contributed by atoms with van der Waals surface area (Å²) in [6.07, 6.45) is 3.13. The Bertz CT molecular complexity index is 807. The molecule has 3 rings (SSSR count). The minimum Gasteiger partial charge on any atom is -0.365 e. The van der Waals surface area contributed by atoms with Crippen LogP contribution in [0.4, 0.5) is 23.0 Å². The monoisotopic (exact) mass is 335 g/mol. The molecule has 0 saturated heterocycles. The second-order valence-electron chi connectivity index (χ2n) is 4.81. The summed E-state index contributed by atoms with van der Waals surface area (Å²) in [6.45, 7) is 4.00. The number of rotatable bonds is 5. The summed E-state index contributed by atoms with van der Waals surface area (Å²) in [5, 5.41) is 6.26. The molecule has 0 saturated carbocycles. The zero-order valence-electron chi connectivity index (χ0n) is 14.2. The molecule has 128 valence electrons. The smallest absolute Gasteiger partial charge is 0.252 e. The molecule has 0 spiro atoms. The van der Waals surface area contributed by atoms with Crippen LogP contribution in [0.2, 0.25) is 0 Å². The summed E-state index contributed by atoms with van der Waals surface area (Å²) in [6, 6.07) is 16.8. The van der Waals surface area contributed by atoms with E-state index in [1.165, 1.54) is 6.20 Å². The number of carbonyl (C=O) groups excluding carboxylic acids is 1. The number of carbonyl (C=O) groups is 1. The third-order valence-electron chi connectivity index (χ3n) is 3.14. The molecule has 0 radical (unpaired) electrons. The van der Waals surface area contributed by atoms with Gasteiger partial charge in [-0.1, -0.05) is 38.1 Å². The second kappa shape index (κ2) is 9.02. The van der Waals surface area contributed by atoms with Crippen LogP contribution in [0, 0.1) is 0 Å². The SMILES string of the molecule is CC.NC(=O)c1cnc(Nc2ccccn2)cc1Nc1ccccc1. The van der Waals surface area contributed by atoms with Gasteiger partial charge in [0.2, 0.25) is 0 Å². The van der Waals surface area contributed by atoms with Crippen molar-refractivity contribution in [2.45, 2.75) is 13.8 Å². The van der Waals surface area contributed by atoms with E-state index in [1.807, 2.05) is 62.4 Å². The molecule has 1 aromatic carbocycles. The van der Waals surface area contributed by atoms with Crippen molar-refractivity contribution < 1.29 is 4.79 Å². The Morgan fingerprint density at radius 2 is 1.64 bits per heavy atom. The standard InChI is InChI=1S/C17H15N5O.C2H6/c18-17(23)13-11-20-16(22-15-8-4-5-9-19-15)10-14(13)21-12-6-2-1-3-7-12;1-2/h1-11H,(H2,18,23)(H2,19,20,21,22);1-2H3. The van der Waals surface area contributed by atoms with Crippen LogP contribution in [-0.2, 0) is 0 Å². The Morgan fingerprint density at radius 3 is 2.28 bits per heavy atom. The van der Waals surface area contributed by atoms with Gasteiger partial charge in [0.15, 0.2) is 0 Å². The van der Waals surface area contributed by atoms with Crippen molar-refractivity contribution in [1.29, 1.82) is 0 Å². The molecule has 2 aromatic heterocycles. The van der Waals surface area contributed by atoms with E-state index >= 15 is 0 Å². The number of para-hydroxylation sites is 1. The number of nitrogens with two attached hydrogens (primary N) is 1. The van der Waals surface area contributed by atoms with E-state index in [2.05, 4.69) is 20.6 Å². The topological polar surface area (TPSA) is 92.9 Å². The van der Waals surface area contributed by atoms with Crippen molar-refractivity contribution in [2.75, 3.05) is 10.6 Å². The fraction of sp³-hybridized carbons (Fsp3) is 0.105. The molecule has 0 atom stereocenters. The highest BCUT2D eigenvalue weighted by Crippen LogP contribution is 2.24. The third kappa shape index (κ3) is 5.04. The average molecular weight is 335 g/mol. The van der Waals surface area contributed by atoms with Crippen LogP contribution in [0.5, 0.6) is 0 Å². The average Bonchev–Trinajstić information content (AvgIpc) is 2.65. The van der Waals surface area contributed by atoms with Crippen molar-refractivity contribution >= 4 is 28.9 Å². The number of hydrogen-bond donors (Lipinski definition) is 3. The summed E-state index contributed by atoms with van der Waals surface area (Å²) in [5.74, 6) is 0.685. The van der Waals surface area contributed by atoms with E-state index in [-0.39, 0.29) is 0 Å². The minimum atomic E-state index is -0.541. The lowest BCUT2D eigenvalue weighted by molar-refractivity contribution is 0.100. The fourth-order valence-electron chi connectivity index (χ4n) is 2.07. The van der Waals surface area contributed by atoms with Gasteiger partial charge in [-0.3, -0.25) is 4.79 Å². The zero-order chi connectivity index (χ0) is 18.1. The van der Waals surface area contributed by atoms with Crippen molar-refractivity contribution in [3.05, 3.63) is 72.6 Å². The van der Waals surface area contributed by atoms with E-state index < -0.39 is 5.91 Å². The lowest BCUT2D eigenvalue weighted by Crippen LogP contribution is -2.14. The minimum absolute atomic E-state index is 0.320. The van der Waals surface area contributed by atoms with E-state index in [1.54, 1.807) is 12.3 Å². The summed E-state index contributed by atoms with van der Waals surface area (Å²) in [7, 11) is 0. The normalized spacial score (nSPS) is 9.52. The summed E-state index contributed by atoms with van der Waals surface area (Å²) in [5.41, 5.74) is 7.17. The number of anilines is 4. The maximum absolute atomic E-state index is 11.6. The number of pyridine rings is 2. The van der Waals surface area contributed by atoms with E-state index in [9.17, 15) is 4.79 Å². The van der Waals surface area contributed by atoms with Gasteiger partial charge in [0.05, 0.1) is 11.3 Å². The largest absolute Gasteiger partial charge is 0.365 e. The maximum Gasteiger partial charge on any atom is 0.252 e. The van der Waals surface area contributed by atoms with Crippen LogP contribution in [0.15, 0.2) is 67.0 Å². The molecule has 3 aromatic rings. The van der Waals surface area contributed by atoms with Crippen LogP contribution >= 0.6 is 0 Å². The molecule has 0 aliphatic heterocycles. The molecule has 25 heavy (non-hydrogen) atoms. The Labute approximate surface area is 147 Å². The molecule has 2 heterocycles. The van der Waals surface area contributed by atoms with E-state index in [4.69, 9.17) is 5.73 Å². The molecular formula is C19H21N5O. The van der Waals surface area contributed by atoms with Gasteiger partial charge in [-0.05, 0) is 24.3 Å². The van der Waals surface area contributed by atoms with Gasteiger partial charge in [0.25, 0.3) is 5.91 Å². The summed E-state index contributed by atoms with van der Waals surface area (Å²) in [4.78, 5) is 20.0. The van der Waals surface area contributed by atoms with Gasteiger partial charge in [-0.15, -0.1) is 0 Å². The highest BCUT2D eigenvalue weighted by Gasteiger charge is 2.11. The summed E-state index contributed by atoms with van der Waals surface area (Å²) < 4.78 is 0. The van der Waals surface area contributed by atoms with Crippen LogP contribution in [0.25, 0.3) is 0 Å². The quantitative estimate of drug-likeness (QED) is 0.653. The van der Waals surface area contributed by atoms with Gasteiger partial charge in [0.1, 0.15) is 11.6 Å². The lowest BCUT2D eigenvalue weighted by atomic mass is 10.2. The number of nitrogens with zero attached hydrogens (tertiary/aromatic N) is 2. The second-order valence-corrected chi connectivity index (χ2v) is 4.81. The molecular weight excluding hydrogens is 314 g/mol. The number of primary amides is 1. The first-order valence-electron chi connectivity index (χ1n) is 8.02. The van der Waals surface area contributed by atoms with Crippen LogP contribution in [0.3, 0.4) is 0 Å². The molecule has 6 heteroatoms. The predicted octanol–water partition coefficient (Wildman–Crippen LogP) is 4.09. The predicted molar refractivity (Wildman–Crippen MR) is 101 cm³/mol. The van der Waals surface area contributed by atoms with Crippen LogP contribution in [0.1, 0.15) is 24.2 Å². The van der Waals surface area contributed by atoms with E-state index in [0.29, 0.717) is 22.9 Å². The van der Waals surface area contributed by atoms with E-state index in [0.717, 1.165) is 5.69 Å². The number of amides is 1. The maximum atomic E-state index is 11.6.